The zero-order valence-corrected chi connectivity index (χ0v) is 14.0. The number of rotatable bonds is 5. The van der Waals surface area contributed by atoms with Crippen LogP contribution in [0.5, 0.6) is 0 Å². The molecule has 0 spiro atoms. The minimum Gasteiger partial charge on any atom is -0.370 e. The summed E-state index contributed by atoms with van der Waals surface area (Å²) in [6, 6.07) is 4.23. The van der Waals surface area contributed by atoms with Crippen molar-refractivity contribution in [3.8, 4) is 0 Å². The topological polar surface area (TPSA) is 57.8 Å². The largest absolute Gasteiger partial charge is 0.370 e. The highest BCUT2D eigenvalue weighted by molar-refractivity contribution is 5.77. The third-order valence-corrected chi connectivity index (χ3v) is 4.25. The number of anilines is 1. The molecule has 1 fully saturated rings. The Morgan fingerprint density at radius 2 is 1.86 bits per heavy atom. The van der Waals surface area contributed by atoms with Crippen LogP contribution >= 0.6 is 0 Å². The summed E-state index contributed by atoms with van der Waals surface area (Å²) in [5.41, 5.74) is 7.10. The smallest absolute Gasteiger partial charge is 0.191 e. The van der Waals surface area contributed by atoms with Crippen molar-refractivity contribution < 1.29 is 0 Å². The maximum Gasteiger partial charge on any atom is 0.191 e. The van der Waals surface area contributed by atoms with E-state index in [1.165, 1.54) is 25.7 Å². The van der Waals surface area contributed by atoms with Crippen LogP contribution in [-0.2, 0) is 6.54 Å². The first-order valence-electron chi connectivity index (χ1n) is 8.49. The summed E-state index contributed by atoms with van der Waals surface area (Å²) in [7, 11) is 0. The molecule has 0 amide bonds. The Kier molecular flexibility index (Phi) is 6.49. The Hall–Kier alpha value is -1.78. The number of hydrogen-bond donors (Lipinski definition) is 1. The Morgan fingerprint density at radius 1 is 1.18 bits per heavy atom. The van der Waals surface area contributed by atoms with Crippen molar-refractivity contribution >= 4 is 11.8 Å². The molecule has 22 heavy (non-hydrogen) atoms. The maximum absolute atomic E-state index is 6.00. The van der Waals surface area contributed by atoms with E-state index >= 15 is 0 Å². The van der Waals surface area contributed by atoms with E-state index in [-0.39, 0.29) is 0 Å². The van der Waals surface area contributed by atoms with E-state index in [0.29, 0.717) is 12.5 Å². The molecule has 1 aromatic heterocycles. The molecular weight excluding hydrogens is 274 g/mol. The number of aliphatic imine (C=N–C) groups is 1. The van der Waals surface area contributed by atoms with Gasteiger partial charge < -0.3 is 15.5 Å². The van der Waals surface area contributed by atoms with Crippen LogP contribution in [0.4, 0.5) is 5.82 Å². The molecule has 1 aliphatic rings. The van der Waals surface area contributed by atoms with Crippen LogP contribution in [0.2, 0.25) is 0 Å². The summed E-state index contributed by atoms with van der Waals surface area (Å²) in [6.45, 7) is 8.79. The molecule has 5 nitrogen and oxygen atoms in total. The van der Waals surface area contributed by atoms with Gasteiger partial charge in [-0.15, -0.1) is 0 Å². The second kappa shape index (κ2) is 8.61. The first kappa shape index (κ1) is 16.6. The van der Waals surface area contributed by atoms with Crippen LogP contribution in [0, 0.1) is 0 Å². The monoisotopic (exact) mass is 303 g/mol. The zero-order chi connectivity index (χ0) is 15.8. The molecule has 0 radical (unpaired) electrons. The summed E-state index contributed by atoms with van der Waals surface area (Å²) in [6.07, 6.45) is 7.16. The minimum absolute atomic E-state index is 0.593. The third kappa shape index (κ3) is 4.61. The molecule has 0 atom stereocenters. The number of nitrogens with zero attached hydrogens (tertiary/aromatic N) is 4. The molecule has 1 saturated heterocycles. The van der Waals surface area contributed by atoms with Crippen LogP contribution in [0.25, 0.3) is 0 Å². The van der Waals surface area contributed by atoms with Gasteiger partial charge in [0.25, 0.3) is 0 Å². The normalized spacial score (nSPS) is 16.5. The van der Waals surface area contributed by atoms with Crippen molar-refractivity contribution in [2.45, 2.75) is 46.1 Å². The fourth-order valence-corrected chi connectivity index (χ4v) is 2.82. The van der Waals surface area contributed by atoms with E-state index < -0.39 is 0 Å². The number of pyridine rings is 1. The molecule has 5 heteroatoms. The van der Waals surface area contributed by atoms with Crippen molar-refractivity contribution in [2.24, 2.45) is 10.7 Å². The lowest BCUT2D eigenvalue weighted by atomic mass is 10.2. The van der Waals surface area contributed by atoms with Crippen molar-refractivity contribution in [2.75, 3.05) is 31.1 Å². The molecule has 1 aliphatic heterocycles. The summed E-state index contributed by atoms with van der Waals surface area (Å²) in [5.74, 6) is 1.70. The average Bonchev–Trinajstić information content (AvgIpc) is 2.84. The first-order valence-corrected chi connectivity index (χ1v) is 8.49. The van der Waals surface area contributed by atoms with Crippen LogP contribution in [0.15, 0.2) is 23.3 Å². The standard InChI is InChI=1S/C17H29N5/c1-3-21(4-2)17(18)20-14-15-9-10-16(19-13-15)22-11-7-5-6-8-12-22/h9-10,13H,3-8,11-12,14H2,1-2H3,(H2,18,20). The zero-order valence-electron chi connectivity index (χ0n) is 14.0. The number of nitrogens with two attached hydrogens (primary N) is 1. The first-order chi connectivity index (χ1) is 10.7. The Labute approximate surface area is 134 Å². The predicted molar refractivity (Wildman–Crippen MR) is 93.2 cm³/mol. The fraction of sp³-hybridized carbons (Fsp3) is 0.647. The average molecular weight is 303 g/mol. The van der Waals surface area contributed by atoms with Crippen molar-refractivity contribution in [1.29, 1.82) is 0 Å². The Bertz CT molecular complexity index is 456. The highest BCUT2D eigenvalue weighted by atomic mass is 15.2. The van der Waals surface area contributed by atoms with Gasteiger partial charge in [0.15, 0.2) is 5.96 Å². The maximum atomic E-state index is 6.00. The third-order valence-electron chi connectivity index (χ3n) is 4.25. The lowest BCUT2D eigenvalue weighted by molar-refractivity contribution is 0.458. The van der Waals surface area contributed by atoms with Crippen molar-refractivity contribution in [3.05, 3.63) is 23.9 Å². The molecule has 0 unspecified atom stereocenters. The molecule has 0 aliphatic carbocycles. The molecule has 1 aromatic rings. The van der Waals surface area contributed by atoms with E-state index in [1.807, 2.05) is 6.20 Å². The van der Waals surface area contributed by atoms with Crippen molar-refractivity contribution in [1.82, 2.24) is 9.88 Å². The molecule has 2 heterocycles. The number of hydrogen-bond acceptors (Lipinski definition) is 3. The molecule has 0 bridgehead atoms. The highest BCUT2D eigenvalue weighted by Gasteiger charge is 2.10. The van der Waals surface area contributed by atoms with Gasteiger partial charge in [-0.25, -0.2) is 9.98 Å². The molecule has 0 aromatic carbocycles. The van der Waals surface area contributed by atoms with E-state index in [1.54, 1.807) is 0 Å². The molecule has 2 rings (SSSR count). The molecule has 0 saturated carbocycles. The van der Waals surface area contributed by atoms with Gasteiger partial charge in [0.05, 0.1) is 6.54 Å². The Balaban J connectivity index is 1.95. The Morgan fingerprint density at radius 3 is 2.41 bits per heavy atom. The van der Waals surface area contributed by atoms with E-state index in [0.717, 1.165) is 37.6 Å². The SMILES string of the molecule is CCN(CC)C(N)=NCc1ccc(N2CCCCCC2)nc1. The minimum atomic E-state index is 0.593. The van der Waals surface area contributed by atoms with Crippen molar-refractivity contribution in [3.63, 3.8) is 0 Å². The summed E-state index contributed by atoms with van der Waals surface area (Å²) < 4.78 is 0. The van der Waals surface area contributed by atoms with Gasteiger partial charge in [0.1, 0.15) is 5.82 Å². The second-order valence-electron chi connectivity index (χ2n) is 5.77. The number of aromatic nitrogens is 1. The van der Waals surface area contributed by atoms with Gasteiger partial charge in [-0.1, -0.05) is 18.9 Å². The quantitative estimate of drug-likeness (QED) is 0.671. The van der Waals surface area contributed by atoms with Gasteiger partial charge in [0, 0.05) is 32.4 Å². The molecular formula is C17H29N5. The van der Waals surface area contributed by atoms with Crippen LogP contribution in [0.3, 0.4) is 0 Å². The van der Waals surface area contributed by atoms with E-state index in [9.17, 15) is 0 Å². The van der Waals surface area contributed by atoms with Crippen LogP contribution in [0.1, 0.15) is 45.1 Å². The van der Waals surface area contributed by atoms with Gasteiger partial charge in [-0.2, -0.15) is 0 Å². The fourth-order valence-electron chi connectivity index (χ4n) is 2.82. The van der Waals surface area contributed by atoms with E-state index in [2.05, 4.69) is 45.8 Å². The second-order valence-corrected chi connectivity index (χ2v) is 5.77. The summed E-state index contributed by atoms with van der Waals surface area (Å²) >= 11 is 0. The van der Waals surface area contributed by atoms with Gasteiger partial charge in [-0.3, -0.25) is 0 Å². The predicted octanol–water partition coefficient (Wildman–Crippen LogP) is 2.62. The van der Waals surface area contributed by atoms with E-state index in [4.69, 9.17) is 5.73 Å². The lowest BCUT2D eigenvalue weighted by Crippen LogP contribution is -2.37. The molecule has 2 N–H and O–H groups in total. The highest BCUT2D eigenvalue weighted by Crippen LogP contribution is 2.17. The van der Waals surface area contributed by atoms with Crippen LogP contribution < -0.4 is 10.6 Å². The van der Waals surface area contributed by atoms with Gasteiger partial charge in [-0.05, 0) is 38.3 Å². The lowest BCUT2D eigenvalue weighted by Gasteiger charge is -2.21. The van der Waals surface area contributed by atoms with Gasteiger partial charge in [0.2, 0.25) is 0 Å². The number of guanidine groups is 1. The molecule has 122 valence electrons. The summed E-state index contributed by atoms with van der Waals surface area (Å²) in [5, 5.41) is 0. The summed E-state index contributed by atoms with van der Waals surface area (Å²) in [4.78, 5) is 13.5. The van der Waals surface area contributed by atoms with Gasteiger partial charge >= 0.3 is 0 Å². The van der Waals surface area contributed by atoms with Crippen LogP contribution in [-0.4, -0.2) is 42.0 Å².